The lowest BCUT2D eigenvalue weighted by Gasteiger charge is -2.30. The van der Waals surface area contributed by atoms with Gasteiger partial charge in [0, 0.05) is 19.1 Å². The fourth-order valence-corrected chi connectivity index (χ4v) is 3.24. The fourth-order valence-electron chi connectivity index (χ4n) is 2.83. The minimum absolute atomic E-state index is 0.0682. The molecular formula is C21H28N2O2S. The van der Waals surface area contributed by atoms with E-state index in [-0.39, 0.29) is 11.5 Å². The van der Waals surface area contributed by atoms with Gasteiger partial charge in [-0.15, -0.1) is 0 Å². The summed E-state index contributed by atoms with van der Waals surface area (Å²) in [6.07, 6.45) is 2.69. The molecule has 140 valence electrons. The van der Waals surface area contributed by atoms with Crippen molar-refractivity contribution in [2.45, 2.75) is 39.2 Å². The molecule has 0 radical (unpaired) electrons. The molecule has 0 aromatic heterocycles. The van der Waals surface area contributed by atoms with Crippen LogP contribution in [-0.2, 0) is 12.8 Å². The van der Waals surface area contributed by atoms with Gasteiger partial charge in [0.25, 0.3) is 0 Å². The summed E-state index contributed by atoms with van der Waals surface area (Å²) in [6.45, 7) is 5.93. The summed E-state index contributed by atoms with van der Waals surface area (Å²) in [4.78, 5) is 2.20. The second kappa shape index (κ2) is 10.0. The van der Waals surface area contributed by atoms with E-state index < -0.39 is 0 Å². The topological polar surface area (TPSA) is 55.7 Å². The molecule has 0 saturated heterocycles. The minimum atomic E-state index is -0.0821. The van der Waals surface area contributed by atoms with Crippen molar-refractivity contribution >= 4 is 17.3 Å². The molecule has 26 heavy (non-hydrogen) atoms. The third-order valence-corrected chi connectivity index (χ3v) is 4.70. The number of nitrogens with one attached hydrogen (secondary N) is 1. The maximum absolute atomic E-state index is 9.58. The number of phenols is 2. The van der Waals surface area contributed by atoms with E-state index in [1.807, 2.05) is 12.1 Å². The van der Waals surface area contributed by atoms with E-state index in [4.69, 9.17) is 12.2 Å². The van der Waals surface area contributed by atoms with Gasteiger partial charge in [0.05, 0.1) is 0 Å². The van der Waals surface area contributed by atoms with Crippen LogP contribution >= 0.6 is 12.2 Å². The average Bonchev–Trinajstić information content (AvgIpc) is 2.62. The van der Waals surface area contributed by atoms with Gasteiger partial charge in [-0.3, -0.25) is 0 Å². The minimum Gasteiger partial charge on any atom is -0.504 e. The molecule has 0 aliphatic heterocycles. The number of rotatable bonds is 8. The van der Waals surface area contributed by atoms with Gasteiger partial charge in [0.15, 0.2) is 16.6 Å². The van der Waals surface area contributed by atoms with Gasteiger partial charge >= 0.3 is 0 Å². The van der Waals surface area contributed by atoms with E-state index in [0.717, 1.165) is 43.0 Å². The number of hydrogen-bond donors (Lipinski definition) is 3. The smallest absolute Gasteiger partial charge is 0.169 e. The summed E-state index contributed by atoms with van der Waals surface area (Å²) in [5, 5.41) is 23.1. The molecular weight excluding hydrogens is 344 g/mol. The quantitative estimate of drug-likeness (QED) is 0.485. The predicted molar refractivity (Wildman–Crippen MR) is 111 cm³/mol. The predicted octanol–water partition coefficient (Wildman–Crippen LogP) is 3.86. The monoisotopic (exact) mass is 372 g/mol. The van der Waals surface area contributed by atoms with Crippen LogP contribution < -0.4 is 5.32 Å². The normalized spacial score (nSPS) is 10.7. The Kier molecular flexibility index (Phi) is 7.73. The van der Waals surface area contributed by atoms with Crippen molar-refractivity contribution in [3.8, 4) is 11.5 Å². The molecule has 0 atom stereocenters. The van der Waals surface area contributed by atoms with Crippen molar-refractivity contribution in [1.82, 2.24) is 10.2 Å². The highest BCUT2D eigenvalue weighted by Crippen LogP contribution is 2.25. The Morgan fingerprint density at radius 1 is 1.00 bits per heavy atom. The Labute approximate surface area is 161 Å². The lowest BCUT2D eigenvalue weighted by molar-refractivity contribution is 0.339. The maximum Gasteiger partial charge on any atom is 0.169 e. The van der Waals surface area contributed by atoms with Crippen LogP contribution in [0.2, 0.25) is 0 Å². The van der Waals surface area contributed by atoms with E-state index in [9.17, 15) is 10.2 Å². The van der Waals surface area contributed by atoms with Gasteiger partial charge in [-0.05, 0) is 68.6 Å². The molecule has 4 nitrogen and oxygen atoms in total. The lowest BCUT2D eigenvalue weighted by Crippen LogP contribution is -2.44. The highest BCUT2D eigenvalue weighted by Gasteiger charge is 2.13. The zero-order chi connectivity index (χ0) is 18.9. The Balaban J connectivity index is 1.79. The largest absolute Gasteiger partial charge is 0.504 e. The first-order valence-corrected chi connectivity index (χ1v) is 9.47. The highest BCUT2D eigenvalue weighted by molar-refractivity contribution is 7.80. The Morgan fingerprint density at radius 2 is 1.73 bits per heavy atom. The van der Waals surface area contributed by atoms with Crippen LogP contribution in [-0.4, -0.2) is 39.4 Å². The van der Waals surface area contributed by atoms with Crippen LogP contribution in [0.5, 0.6) is 11.5 Å². The third-order valence-electron chi connectivity index (χ3n) is 4.32. The van der Waals surface area contributed by atoms with Crippen LogP contribution in [0.25, 0.3) is 0 Å². The van der Waals surface area contributed by atoms with Gasteiger partial charge in [-0.1, -0.05) is 36.4 Å². The Bertz CT molecular complexity index is 704. The molecule has 0 unspecified atom stereocenters. The van der Waals surface area contributed by atoms with Crippen LogP contribution in [0.1, 0.15) is 31.4 Å². The zero-order valence-corrected chi connectivity index (χ0v) is 16.3. The van der Waals surface area contributed by atoms with Gasteiger partial charge in [-0.25, -0.2) is 0 Å². The highest BCUT2D eigenvalue weighted by atomic mass is 32.1. The van der Waals surface area contributed by atoms with Crippen molar-refractivity contribution in [3.05, 3.63) is 59.7 Å². The lowest BCUT2D eigenvalue weighted by atomic mass is 10.1. The molecule has 0 spiro atoms. The summed E-state index contributed by atoms with van der Waals surface area (Å²) >= 11 is 5.58. The molecule has 3 N–H and O–H groups in total. The number of thiocarbonyl (C=S) groups is 1. The summed E-state index contributed by atoms with van der Waals surface area (Å²) in [7, 11) is 0. The first-order valence-electron chi connectivity index (χ1n) is 9.06. The van der Waals surface area contributed by atoms with Crippen molar-refractivity contribution in [2.75, 3.05) is 13.1 Å². The number of nitrogens with zero attached hydrogens (tertiary/aromatic N) is 1. The first-order chi connectivity index (χ1) is 12.5. The molecule has 0 fully saturated rings. The average molecular weight is 373 g/mol. The number of aryl methyl sites for hydroxylation is 1. The molecule has 0 bridgehead atoms. The molecule has 0 amide bonds. The molecule has 0 saturated carbocycles. The second-order valence-electron chi connectivity index (χ2n) is 6.68. The van der Waals surface area contributed by atoms with Crippen molar-refractivity contribution in [1.29, 1.82) is 0 Å². The Hall–Kier alpha value is -2.27. The molecule has 2 aromatic rings. The fraction of sp³-hybridized carbons (Fsp3) is 0.381. The van der Waals surface area contributed by atoms with Gasteiger partial charge in [0.1, 0.15) is 0 Å². The van der Waals surface area contributed by atoms with E-state index >= 15 is 0 Å². The van der Waals surface area contributed by atoms with E-state index in [2.05, 4.69) is 48.3 Å². The number of aromatic hydroxyl groups is 2. The summed E-state index contributed by atoms with van der Waals surface area (Å²) in [6, 6.07) is 15.7. The van der Waals surface area contributed by atoms with Crippen LogP contribution in [0.3, 0.4) is 0 Å². The standard InChI is InChI=1S/C21H28N2O2S/c1-16(2)23(14-6-9-18-10-11-19(24)20(25)15-18)21(26)22-13-12-17-7-4-3-5-8-17/h3-5,7-8,10-11,15-16,24-25H,6,9,12-14H2,1-2H3,(H,22,26). The molecule has 5 heteroatoms. The summed E-state index contributed by atoms with van der Waals surface area (Å²) < 4.78 is 0. The van der Waals surface area contributed by atoms with E-state index in [1.165, 1.54) is 11.6 Å². The van der Waals surface area contributed by atoms with Crippen molar-refractivity contribution in [3.63, 3.8) is 0 Å². The van der Waals surface area contributed by atoms with Gasteiger partial charge in [0.2, 0.25) is 0 Å². The van der Waals surface area contributed by atoms with Crippen molar-refractivity contribution < 1.29 is 10.2 Å². The van der Waals surface area contributed by atoms with Gasteiger partial charge < -0.3 is 20.4 Å². The van der Waals surface area contributed by atoms with Crippen LogP contribution in [0.4, 0.5) is 0 Å². The molecule has 0 aliphatic rings. The SMILES string of the molecule is CC(C)N(CCCc1ccc(O)c(O)c1)C(=S)NCCc1ccccc1. The maximum atomic E-state index is 9.58. The molecule has 2 rings (SSSR count). The first kappa shape index (κ1) is 20.0. The number of benzene rings is 2. The number of phenolic OH excluding ortho intramolecular Hbond substituents is 2. The van der Waals surface area contributed by atoms with E-state index in [0.29, 0.717) is 6.04 Å². The molecule has 2 aromatic carbocycles. The summed E-state index contributed by atoms with van der Waals surface area (Å²) in [5.74, 6) is -0.150. The van der Waals surface area contributed by atoms with Crippen LogP contribution in [0, 0.1) is 0 Å². The summed E-state index contributed by atoms with van der Waals surface area (Å²) in [5.41, 5.74) is 2.30. The third kappa shape index (κ3) is 6.23. The zero-order valence-electron chi connectivity index (χ0n) is 15.5. The van der Waals surface area contributed by atoms with E-state index in [1.54, 1.807) is 6.07 Å². The molecule has 0 aliphatic carbocycles. The molecule has 0 heterocycles. The second-order valence-corrected chi connectivity index (χ2v) is 7.07. The van der Waals surface area contributed by atoms with Gasteiger partial charge in [-0.2, -0.15) is 0 Å². The number of hydrogen-bond acceptors (Lipinski definition) is 3. The van der Waals surface area contributed by atoms with Crippen LogP contribution in [0.15, 0.2) is 48.5 Å². The Morgan fingerprint density at radius 3 is 2.38 bits per heavy atom. The van der Waals surface area contributed by atoms with Crippen molar-refractivity contribution in [2.24, 2.45) is 0 Å².